The zero-order chi connectivity index (χ0) is 16.8. The van der Waals surface area contributed by atoms with Crippen molar-refractivity contribution in [2.45, 2.75) is 32.1 Å². The predicted molar refractivity (Wildman–Crippen MR) is 92.2 cm³/mol. The average molecular weight is 323 g/mol. The topological polar surface area (TPSA) is 33.0 Å². The van der Waals surface area contributed by atoms with Gasteiger partial charge in [0.25, 0.3) is 0 Å². The van der Waals surface area contributed by atoms with E-state index in [0.717, 1.165) is 25.2 Å². The van der Waals surface area contributed by atoms with Crippen LogP contribution in [-0.4, -0.2) is 6.61 Å². The van der Waals surface area contributed by atoms with Gasteiger partial charge in [0.05, 0.1) is 6.61 Å². The molecule has 1 aliphatic carbocycles. The summed E-state index contributed by atoms with van der Waals surface area (Å²) >= 11 is 0. The van der Waals surface area contributed by atoms with Gasteiger partial charge in [-0.05, 0) is 61.6 Å². The highest BCUT2D eigenvalue weighted by Gasteiger charge is 2.22. The zero-order valence-electron chi connectivity index (χ0n) is 13.7. The van der Waals surface area contributed by atoms with Crippen LogP contribution >= 0.6 is 0 Å². The van der Waals surface area contributed by atoms with E-state index in [9.17, 15) is 4.39 Å². The number of hydrogen-bond acceptors (Lipinski definition) is 2. The van der Waals surface area contributed by atoms with Gasteiger partial charge in [0.2, 0.25) is 0 Å². The molecule has 3 heteroatoms. The molecule has 0 aromatic heterocycles. The van der Waals surface area contributed by atoms with Gasteiger partial charge in [-0.15, -0.1) is 0 Å². The molecule has 2 nitrogen and oxygen atoms in total. The quantitative estimate of drug-likeness (QED) is 0.764. The van der Waals surface area contributed by atoms with E-state index >= 15 is 0 Å². The third kappa shape index (κ3) is 4.14. The molecule has 0 radical (unpaired) electrons. The summed E-state index contributed by atoms with van der Waals surface area (Å²) in [6.07, 6.45) is 5.83. The number of ether oxygens (including phenoxy) is 1. The molecular formula is C21H22FNO. The smallest absolute Gasteiger partial charge is 0.144 e. The second-order valence-corrected chi connectivity index (χ2v) is 6.61. The Hall–Kier alpha value is -2.34. The second kappa shape index (κ2) is 7.97. The van der Waals surface area contributed by atoms with Gasteiger partial charge < -0.3 is 4.74 Å². The third-order valence-corrected chi connectivity index (χ3v) is 4.90. The molecule has 0 saturated heterocycles. The molecule has 24 heavy (non-hydrogen) atoms. The van der Waals surface area contributed by atoms with Gasteiger partial charge in [-0.25, -0.2) is 4.39 Å². The van der Waals surface area contributed by atoms with Crippen LogP contribution in [0.4, 0.5) is 4.39 Å². The highest BCUT2D eigenvalue weighted by atomic mass is 19.1. The summed E-state index contributed by atoms with van der Waals surface area (Å²) in [6.45, 7) is 0.566. The molecule has 1 fully saturated rings. The van der Waals surface area contributed by atoms with Crippen molar-refractivity contribution >= 4 is 0 Å². The molecular weight excluding hydrogens is 301 g/mol. The van der Waals surface area contributed by atoms with Gasteiger partial charge in [0.15, 0.2) is 0 Å². The van der Waals surface area contributed by atoms with Gasteiger partial charge >= 0.3 is 0 Å². The standard InChI is InChI=1S/C21H22FNO/c22-20-7-4-8-21(19(20)14-23)24-15-18-11-9-17(10-12-18)13-16-5-2-1-3-6-16/h1-8,17-18H,9-13,15H2. The first kappa shape index (κ1) is 16.5. The van der Waals surface area contributed by atoms with Crippen LogP contribution in [0.1, 0.15) is 36.8 Å². The van der Waals surface area contributed by atoms with Gasteiger partial charge in [-0.2, -0.15) is 5.26 Å². The summed E-state index contributed by atoms with van der Waals surface area (Å²) < 4.78 is 19.3. The molecule has 0 bridgehead atoms. The SMILES string of the molecule is N#Cc1c(F)cccc1OCC1CCC(Cc2ccccc2)CC1. The van der Waals surface area contributed by atoms with Crippen LogP contribution < -0.4 is 4.74 Å². The van der Waals surface area contributed by atoms with Gasteiger partial charge in [-0.1, -0.05) is 36.4 Å². The summed E-state index contributed by atoms with van der Waals surface area (Å²) in [4.78, 5) is 0. The average Bonchev–Trinajstić information content (AvgIpc) is 2.62. The van der Waals surface area contributed by atoms with Crippen molar-refractivity contribution in [3.05, 3.63) is 65.5 Å². The largest absolute Gasteiger partial charge is 0.492 e. The maximum atomic E-state index is 13.6. The molecule has 0 atom stereocenters. The van der Waals surface area contributed by atoms with Crippen molar-refractivity contribution in [2.24, 2.45) is 11.8 Å². The minimum Gasteiger partial charge on any atom is -0.492 e. The fourth-order valence-electron chi connectivity index (χ4n) is 3.49. The minimum atomic E-state index is -0.512. The van der Waals surface area contributed by atoms with Crippen molar-refractivity contribution in [2.75, 3.05) is 6.61 Å². The van der Waals surface area contributed by atoms with E-state index in [2.05, 4.69) is 30.3 Å². The molecule has 0 N–H and O–H groups in total. The molecule has 0 spiro atoms. The van der Waals surface area contributed by atoms with E-state index in [-0.39, 0.29) is 5.56 Å². The number of hydrogen-bond donors (Lipinski definition) is 0. The highest BCUT2D eigenvalue weighted by molar-refractivity contribution is 5.43. The molecule has 124 valence electrons. The van der Waals surface area contributed by atoms with Crippen LogP contribution in [0.3, 0.4) is 0 Å². The van der Waals surface area contributed by atoms with Gasteiger partial charge in [0, 0.05) is 0 Å². The summed E-state index contributed by atoms with van der Waals surface area (Å²) in [5, 5.41) is 9.04. The van der Waals surface area contributed by atoms with Crippen molar-refractivity contribution in [3.63, 3.8) is 0 Å². The summed E-state index contributed by atoms with van der Waals surface area (Å²) in [7, 11) is 0. The van der Waals surface area contributed by atoms with Crippen molar-refractivity contribution in [3.8, 4) is 11.8 Å². The maximum Gasteiger partial charge on any atom is 0.144 e. The Morgan fingerprint density at radius 2 is 1.67 bits per heavy atom. The Kier molecular flexibility index (Phi) is 5.48. The van der Waals surface area contributed by atoms with Crippen molar-refractivity contribution in [1.29, 1.82) is 5.26 Å². The Balaban J connectivity index is 1.48. The lowest BCUT2D eigenvalue weighted by atomic mass is 9.79. The lowest BCUT2D eigenvalue weighted by molar-refractivity contribution is 0.181. The third-order valence-electron chi connectivity index (χ3n) is 4.90. The van der Waals surface area contributed by atoms with E-state index in [0.29, 0.717) is 18.3 Å². The van der Waals surface area contributed by atoms with E-state index in [1.165, 1.54) is 24.5 Å². The molecule has 0 amide bonds. The molecule has 0 heterocycles. The van der Waals surface area contributed by atoms with E-state index in [1.54, 1.807) is 12.1 Å². The number of nitrogens with zero attached hydrogens (tertiary/aromatic N) is 1. The molecule has 1 saturated carbocycles. The zero-order valence-corrected chi connectivity index (χ0v) is 13.7. The number of halogens is 1. The second-order valence-electron chi connectivity index (χ2n) is 6.61. The van der Waals surface area contributed by atoms with Crippen LogP contribution in [0.25, 0.3) is 0 Å². The van der Waals surface area contributed by atoms with E-state index in [1.807, 2.05) is 6.07 Å². The Bertz CT molecular complexity index is 700. The van der Waals surface area contributed by atoms with Crippen LogP contribution in [0.2, 0.25) is 0 Å². The number of benzene rings is 2. The predicted octanol–water partition coefficient (Wildman–Crippen LogP) is 5.13. The van der Waals surface area contributed by atoms with Crippen molar-refractivity contribution < 1.29 is 9.13 Å². The fraction of sp³-hybridized carbons (Fsp3) is 0.381. The molecule has 0 aliphatic heterocycles. The van der Waals surface area contributed by atoms with Crippen molar-refractivity contribution in [1.82, 2.24) is 0 Å². The van der Waals surface area contributed by atoms with Gasteiger partial charge in [-0.3, -0.25) is 0 Å². The molecule has 0 unspecified atom stereocenters. The minimum absolute atomic E-state index is 0.00950. The fourth-order valence-corrected chi connectivity index (χ4v) is 3.49. The van der Waals surface area contributed by atoms with Gasteiger partial charge in [0.1, 0.15) is 23.2 Å². The van der Waals surface area contributed by atoms with Crippen LogP contribution in [-0.2, 0) is 6.42 Å². The first-order valence-corrected chi connectivity index (χ1v) is 8.61. The molecule has 2 aromatic carbocycles. The monoisotopic (exact) mass is 323 g/mol. The number of rotatable bonds is 5. The molecule has 1 aliphatic rings. The first-order valence-electron chi connectivity index (χ1n) is 8.61. The summed E-state index contributed by atoms with van der Waals surface area (Å²) in [5.41, 5.74) is 1.42. The first-order chi connectivity index (χ1) is 11.8. The highest BCUT2D eigenvalue weighted by Crippen LogP contribution is 2.32. The van der Waals surface area contributed by atoms with E-state index < -0.39 is 5.82 Å². The van der Waals surface area contributed by atoms with Crippen LogP contribution in [0.5, 0.6) is 5.75 Å². The molecule has 2 aromatic rings. The Labute approximate surface area is 142 Å². The molecule has 3 rings (SSSR count). The lowest BCUT2D eigenvalue weighted by Crippen LogP contribution is -2.21. The number of nitriles is 1. The van der Waals surface area contributed by atoms with Crippen LogP contribution in [0.15, 0.2) is 48.5 Å². The normalized spacial score (nSPS) is 20.3. The maximum absolute atomic E-state index is 13.6. The lowest BCUT2D eigenvalue weighted by Gasteiger charge is -2.28. The van der Waals surface area contributed by atoms with E-state index in [4.69, 9.17) is 10.00 Å². The Morgan fingerprint density at radius 1 is 0.958 bits per heavy atom. The summed E-state index contributed by atoms with van der Waals surface area (Å²) in [5.74, 6) is 1.09. The van der Waals surface area contributed by atoms with Crippen LogP contribution in [0, 0.1) is 29.0 Å². The summed E-state index contributed by atoms with van der Waals surface area (Å²) in [6, 6.07) is 17.1. The Morgan fingerprint density at radius 3 is 2.38 bits per heavy atom.